The van der Waals surface area contributed by atoms with E-state index in [9.17, 15) is 29.4 Å². The minimum Gasteiger partial charge on any atom is -0.508 e. The highest BCUT2D eigenvalue weighted by atomic mass is 32.1. The number of carbonyl (C=O) groups excluding carboxylic acids is 3. The summed E-state index contributed by atoms with van der Waals surface area (Å²) in [4.78, 5) is 51.5. The van der Waals surface area contributed by atoms with Crippen LogP contribution in [-0.2, 0) is 25.6 Å². The van der Waals surface area contributed by atoms with E-state index in [1.54, 1.807) is 19.1 Å². The van der Waals surface area contributed by atoms with Crippen LogP contribution < -0.4 is 16.4 Å². The summed E-state index contributed by atoms with van der Waals surface area (Å²) < 4.78 is 0. The van der Waals surface area contributed by atoms with Gasteiger partial charge in [-0.3, -0.25) is 14.4 Å². The average molecular weight is 495 g/mol. The van der Waals surface area contributed by atoms with E-state index in [1.165, 1.54) is 17.0 Å². The number of hydrogen-bond donors (Lipinski definition) is 6. The van der Waals surface area contributed by atoms with Gasteiger partial charge in [0.05, 0.1) is 6.04 Å². The Balaban J connectivity index is 2.06. The summed E-state index contributed by atoms with van der Waals surface area (Å²) in [5, 5.41) is 24.1. The van der Waals surface area contributed by atoms with Gasteiger partial charge in [0.15, 0.2) is 0 Å². The lowest BCUT2D eigenvalue weighted by atomic mass is 9.97. The smallest absolute Gasteiger partial charge is 0.326 e. The highest BCUT2D eigenvalue weighted by Crippen LogP contribution is 2.19. The van der Waals surface area contributed by atoms with Crippen molar-refractivity contribution in [1.29, 1.82) is 0 Å². The highest BCUT2D eigenvalue weighted by Gasteiger charge is 2.38. The van der Waals surface area contributed by atoms with Gasteiger partial charge in [0, 0.05) is 12.3 Å². The number of thiol groups is 1. The number of carboxylic acid groups (broad SMARTS) is 1. The Morgan fingerprint density at radius 2 is 1.82 bits per heavy atom. The van der Waals surface area contributed by atoms with Crippen LogP contribution >= 0.6 is 12.6 Å². The van der Waals surface area contributed by atoms with Gasteiger partial charge in [0.1, 0.15) is 23.9 Å². The molecule has 1 aromatic rings. The Labute approximate surface area is 204 Å². The number of nitrogens with one attached hydrogen (secondary N) is 2. The van der Waals surface area contributed by atoms with Crippen LogP contribution in [0.1, 0.15) is 38.7 Å². The molecule has 1 fully saturated rings. The quantitative estimate of drug-likeness (QED) is 0.241. The lowest BCUT2D eigenvalue weighted by Gasteiger charge is -2.29. The van der Waals surface area contributed by atoms with Crippen molar-refractivity contribution in [3.63, 3.8) is 0 Å². The topological polar surface area (TPSA) is 162 Å². The van der Waals surface area contributed by atoms with E-state index in [2.05, 4.69) is 23.3 Å². The molecule has 2 rings (SSSR count). The number of aliphatic carboxylic acids is 1. The van der Waals surface area contributed by atoms with Crippen molar-refractivity contribution in [3.05, 3.63) is 29.8 Å². The molecule has 1 aliphatic heterocycles. The van der Waals surface area contributed by atoms with Crippen molar-refractivity contribution >= 4 is 36.3 Å². The van der Waals surface area contributed by atoms with E-state index in [1.807, 2.05) is 6.92 Å². The molecule has 188 valence electrons. The Kier molecular flexibility index (Phi) is 10.2. The lowest BCUT2D eigenvalue weighted by molar-refractivity contribution is -0.149. The number of likely N-dealkylation sites (tertiary alicyclic amines) is 1. The summed E-state index contributed by atoms with van der Waals surface area (Å²) in [5.41, 5.74) is 6.80. The van der Waals surface area contributed by atoms with Crippen molar-refractivity contribution in [1.82, 2.24) is 15.5 Å². The van der Waals surface area contributed by atoms with Gasteiger partial charge in [-0.25, -0.2) is 4.79 Å². The van der Waals surface area contributed by atoms with E-state index in [-0.39, 0.29) is 23.8 Å². The fourth-order valence-electron chi connectivity index (χ4n) is 3.88. The number of carboxylic acids is 1. The molecule has 0 aromatic heterocycles. The van der Waals surface area contributed by atoms with E-state index < -0.39 is 47.9 Å². The molecule has 5 atom stereocenters. The Hall–Kier alpha value is -2.79. The molecule has 0 saturated carbocycles. The second-order valence-corrected chi connectivity index (χ2v) is 8.99. The van der Waals surface area contributed by atoms with Gasteiger partial charge in [0.25, 0.3) is 0 Å². The van der Waals surface area contributed by atoms with Crippen LogP contribution in [0, 0.1) is 5.92 Å². The maximum Gasteiger partial charge on any atom is 0.326 e. The van der Waals surface area contributed by atoms with Gasteiger partial charge in [0.2, 0.25) is 17.7 Å². The first-order valence-corrected chi connectivity index (χ1v) is 12.0. The molecule has 0 radical (unpaired) electrons. The van der Waals surface area contributed by atoms with Crippen LogP contribution in [0.25, 0.3) is 0 Å². The summed E-state index contributed by atoms with van der Waals surface area (Å²) >= 11 is 4.18. The summed E-state index contributed by atoms with van der Waals surface area (Å²) in [6.45, 7) is 3.97. The Morgan fingerprint density at radius 1 is 1.18 bits per heavy atom. The number of hydrogen-bond acceptors (Lipinski definition) is 7. The number of rotatable bonds is 11. The van der Waals surface area contributed by atoms with E-state index >= 15 is 0 Å². The van der Waals surface area contributed by atoms with Gasteiger partial charge in [-0.1, -0.05) is 32.4 Å². The van der Waals surface area contributed by atoms with Gasteiger partial charge < -0.3 is 31.5 Å². The van der Waals surface area contributed by atoms with Crippen molar-refractivity contribution in [2.24, 2.45) is 11.7 Å². The molecular formula is C23H34N4O6S. The molecule has 1 heterocycles. The molecule has 1 aromatic carbocycles. The largest absolute Gasteiger partial charge is 0.508 e. The first-order valence-electron chi connectivity index (χ1n) is 11.4. The van der Waals surface area contributed by atoms with E-state index in [0.717, 1.165) is 5.56 Å². The maximum atomic E-state index is 13.1. The molecule has 1 saturated heterocycles. The number of amides is 3. The molecule has 6 N–H and O–H groups in total. The molecular weight excluding hydrogens is 460 g/mol. The maximum absolute atomic E-state index is 13.1. The van der Waals surface area contributed by atoms with Crippen LogP contribution in [0.2, 0.25) is 0 Å². The van der Waals surface area contributed by atoms with Gasteiger partial charge in [-0.2, -0.15) is 12.6 Å². The molecule has 0 aliphatic carbocycles. The third kappa shape index (κ3) is 7.10. The van der Waals surface area contributed by atoms with Gasteiger partial charge in [-0.05, 0) is 42.9 Å². The molecule has 34 heavy (non-hydrogen) atoms. The zero-order valence-electron chi connectivity index (χ0n) is 19.4. The number of nitrogens with two attached hydrogens (primary N) is 1. The fraction of sp³-hybridized carbons (Fsp3) is 0.565. The molecule has 5 unspecified atom stereocenters. The molecule has 0 spiro atoms. The highest BCUT2D eigenvalue weighted by molar-refractivity contribution is 7.80. The molecule has 10 nitrogen and oxygen atoms in total. The Morgan fingerprint density at radius 3 is 2.38 bits per heavy atom. The fourth-order valence-corrected chi connectivity index (χ4v) is 4.12. The van der Waals surface area contributed by atoms with Crippen molar-refractivity contribution in [3.8, 4) is 5.75 Å². The third-order valence-electron chi connectivity index (χ3n) is 6.14. The predicted molar refractivity (Wildman–Crippen MR) is 129 cm³/mol. The van der Waals surface area contributed by atoms with Gasteiger partial charge in [-0.15, -0.1) is 0 Å². The zero-order chi connectivity index (χ0) is 25.4. The summed E-state index contributed by atoms with van der Waals surface area (Å²) in [6.07, 6.45) is 1.72. The van der Waals surface area contributed by atoms with Crippen LogP contribution in [0.3, 0.4) is 0 Å². The SMILES string of the molecule is CCC(C)C(NC(=O)C(N)Cc1ccc(O)cc1)C(=O)NC(CS)C(=O)N1CCCC1C(=O)O. The number of carbonyl (C=O) groups is 4. The number of phenolic OH excluding ortho intramolecular Hbond substituents is 1. The van der Waals surface area contributed by atoms with Crippen LogP contribution in [0.5, 0.6) is 5.75 Å². The Bertz CT molecular complexity index is 881. The number of benzene rings is 1. The number of phenols is 1. The molecule has 3 amide bonds. The third-order valence-corrected chi connectivity index (χ3v) is 6.51. The van der Waals surface area contributed by atoms with Gasteiger partial charge >= 0.3 is 5.97 Å². The average Bonchev–Trinajstić information content (AvgIpc) is 3.31. The summed E-state index contributed by atoms with van der Waals surface area (Å²) in [6, 6.07) is 2.51. The minimum absolute atomic E-state index is 0.0189. The number of aromatic hydroxyl groups is 1. The first kappa shape index (κ1) is 27.5. The zero-order valence-corrected chi connectivity index (χ0v) is 20.3. The normalized spacial score (nSPS) is 19.1. The molecule has 11 heteroatoms. The van der Waals surface area contributed by atoms with Crippen molar-refractivity contribution in [2.75, 3.05) is 12.3 Å². The van der Waals surface area contributed by atoms with E-state index in [0.29, 0.717) is 25.8 Å². The first-order chi connectivity index (χ1) is 16.1. The van der Waals surface area contributed by atoms with Crippen molar-refractivity contribution < 1.29 is 29.4 Å². The summed E-state index contributed by atoms with van der Waals surface area (Å²) in [5.74, 6) is -2.83. The number of nitrogens with zero attached hydrogens (tertiary/aromatic N) is 1. The summed E-state index contributed by atoms with van der Waals surface area (Å²) in [7, 11) is 0. The molecule has 0 bridgehead atoms. The van der Waals surface area contributed by atoms with E-state index in [4.69, 9.17) is 5.73 Å². The second kappa shape index (κ2) is 12.6. The lowest BCUT2D eigenvalue weighted by Crippen LogP contribution is -2.59. The van der Waals surface area contributed by atoms with Crippen molar-refractivity contribution in [2.45, 2.75) is 63.7 Å². The van der Waals surface area contributed by atoms with Crippen LogP contribution in [-0.4, -0.2) is 75.3 Å². The second-order valence-electron chi connectivity index (χ2n) is 8.62. The monoisotopic (exact) mass is 494 g/mol. The van der Waals surface area contributed by atoms with Crippen LogP contribution in [0.4, 0.5) is 0 Å². The van der Waals surface area contributed by atoms with Crippen LogP contribution in [0.15, 0.2) is 24.3 Å². The predicted octanol–water partition coefficient (Wildman–Crippen LogP) is 0.283. The molecule has 1 aliphatic rings. The minimum atomic E-state index is -1.08. The standard InChI is InChI=1S/C23H34N4O6S/c1-3-13(2)19(26-20(29)16(24)11-14-6-8-15(28)9-7-14)21(30)25-17(12-34)22(31)27-10-4-5-18(27)23(32)33/h6-9,13,16-19,28,34H,3-5,10-12,24H2,1-2H3,(H,25,30)(H,26,29)(H,32,33).